The second-order valence-corrected chi connectivity index (χ2v) is 11.6. The molecule has 10 heteroatoms. The summed E-state index contributed by atoms with van der Waals surface area (Å²) in [6.07, 6.45) is 1.79. The highest BCUT2D eigenvalue weighted by Gasteiger charge is 2.33. The highest BCUT2D eigenvalue weighted by Crippen LogP contribution is 2.35. The lowest BCUT2D eigenvalue weighted by Gasteiger charge is -2.24. The highest BCUT2D eigenvalue weighted by atomic mass is 79.9. The Morgan fingerprint density at radius 3 is 2.48 bits per heavy atom. The molecule has 0 aliphatic carbocycles. The number of hydrogen-bond acceptors (Lipinski definition) is 7. The average molecular weight is 668 g/mol. The fourth-order valence-corrected chi connectivity index (χ4v) is 6.36. The number of halogens is 2. The van der Waals surface area contributed by atoms with Crippen LogP contribution in [0.2, 0.25) is 5.02 Å². The van der Waals surface area contributed by atoms with Gasteiger partial charge in [0, 0.05) is 15.1 Å². The van der Waals surface area contributed by atoms with Gasteiger partial charge in [0.1, 0.15) is 6.61 Å². The van der Waals surface area contributed by atoms with E-state index in [1.165, 1.54) is 11.3 Å². The third-order valence-corrected chi connectivity index (χ3v) is 8.66. The summed E-state index contributed by atoms with van der Waals surface area (Å²) >= 11 is 11.2. The van der Waals surface area contributed by atoms with E-state index in [1.807, 2.05) is 73.7 Å². The van der Waals surface area contributed by atoms with Crippen LogP contribution in [0.25, 0.3) is 6.08 Å². The average Bonchev–Trinajstić information content (AvgIpc) is 3.28. The first-order valence-electron chi connectivity index (χ1n) is 13.4. The largest absolute Gasteiger partial charge is 0.490 e. The molecular weight excluding hydrogens is 640 g/mol. The Labute approximate surface area is 260 Å². The van der Waals surface area contributed by atoms with Crippen molar-refractivity contribution in [3.63, 3.8) is 0 Å². The Hall–Kier alpha value is -3.66. The number of ether oxygens (including phenoxy) is 3. The van der Waals surface area contributed by atoms with Gasteiger partial charge in [-0.2, -0.15) is 0 Å². The number of esters is 1. The molecule has 0 saturated carbocycles. The molecular formula is C32H28BrClN2O5S. The molecule has 0 amide bonds. The molecule has 0 saturated heterocycles. The van der Waals surface area contributed by atoms with E-state index in [0.29, 0.717) is 48.2 Å². The zero-order valence-electron chi connectivity index (χ0n) is 23.2. The van der Waals surface area contributed by atoms with Crippen LogP contribution in [0.15, 0.2) is 92.3 Å². The van der Waals surface area contributed by atoms with Crippen molar-refractivity contribution in [2.24, 2.45) is 4.99 Å². The number of carbonyl (C=O) groups is 1. The van der Waals surface area contributed by atoms with Crippen molar-refractivity contribution in [2.45, 2.75) is 33.4 Å². The van der Waals surface area contributed by atoms with E-state index in [-0.39, 0.29) is 18.8 Å². The van der Waals surface area contributed by atoms with Crippen LogP contribution < -0.4 is 24.4 Å². The van der Waals surface area contributed by atoms with Gasteiger partial charge in [-0.15, -0.1) is 0 Å². The van der Waals surface area contributed by atoms with Crippen LogP contribution >= 0.6 is 38.9 Å². The molecule has 1 aromatic heterocycles. The van der Waals surface area contributed by atoms with Gasteiger partial charge in [-0.05, 0) is 56.2 Å². The lowest BCUT2D eigenvalue weighted by atomic mass is 9.96. The second kappa shape index (κ2) is 13.1. The van der Waals surface area contributed by atoms with Gasteiger partial charge in [0.15, 0.2) is 16.3 Å². The summed E-state index contributed by atoms with van der Waals surface area (Å²) in [5.74, 6) is 0.591. The number of carbonyl (C=O) groups excluding carboxylic acids is 1. The molecule has 4 aromatic rings. The first kappa shape index (κ1) is 29.8. The standard InChI is InChI=1S/C32H28BrClN2O5S/c1-4-39-25-15-22(23(33)17-26(25)41-18-21-13-9-10-14-24(21)34)16-27-30(37)36-29(20-11-7-6-8-12-20)28(31(38)40-5-2)19(3)35-32(36)42-27/h6-17,29H,4-5,18H2,1-3H3/b27-16-/t29-/m1/s1. The van der Waals surface area contributed by atoms with Gasteiger partial charge in [-0.25, -0.2) is 9.79 Å². The minimum Gasteiger partial charge on any atom is -0.490 e. The number of nitrogens with zero attached hydrogens (tertiary/aromatic N) is 2. The quantitative estimate of drug-likeness (QED) is 0.199. The summed E-state index contributed by atoms with van der Waals surface area (Å²) in [5, 5.41) is 0.622. The Bertz CT molecular complexity index is 1850. The number of fused-ring (bicyclic) bond motifs is 1. The molecule has 0 N–H and O–H groups in total. The van der Waals surface area contributed by atoms with Crippen LogP contribution in [0.3, 0.4) is 0 Å². The summed E-state index contributed by atoms with van der Waals surface area (Å²) in [7, 11) is 0. The van der Waals surface area contributed by atoms with Gasteiger partial charge in [-0.3, -0.25) is 9.36 Å². The Morgan fingerprint density at radius 1 is 1.05 bits per heavy atom. The topological polar surface area (TPSA) is 79.1 Å². The van der Waals surface area contributed by atoms with Crippen molar-refractivity contribution in [3.05, 3.63) is 124 Å². The van der Waals surface area contributed by atoms with E-state index < -0.39 is 12.0 Å². The first-order valence-corrected chi connectivity index (χ1v) is 15.4. The predicted molar refractivity (Wildman–Crippen MR) is 168 cm³/mol. The van der Waals surface area contributed by atoms with Crippen LogP contribution in [0.4, 0.5) is 0 Å². The SMILES string of the molecule is CCOC(=O)C1=C(C)N=c2s/c(=C\c3cc(OCC)c(OCc4ccccc4Cl)cc3Br)c(=O)n2[C@@H]1c1ccccc1. The van der Waals surface area contributed by atoms with Crippen molar-refractivity contribution >= 4 is 50.9 Å². The van der Waals surface area contributed by atoms with Crippen molar-refractivity contribution in [1.29, 1.82) is 0 Å². The summed E-state index contributed by atoms with van der Waals surface area (Å²) in [6.45, 7) is 6.33. The summed E-state index contributed by atoms with van der Waals surface area (Å²) < 4.78 is 20.1. The molecule has 5 rings (SSSR count). The smallest absolute Gasteiger partial charge is 0.338 e. The van der Waals surface area contributed by atoms with Crippen molar-refractivity contribution < 1.29 is 19.0 Å². The fraction of sp³-hybridized carbons (Fsp3) is 0.219. The number of hydrogen-bond donors (Lipinski definition) is 0. The van der Waals surface area contributed by atoms with Crippen molar-refractivity contribution in [3.8, 4) is 11.5 Å². The van der Waals surface area contributed by atoms with E-state index in [4.69, 9.17) is 25.8 Å². The Morgan fingerprint density at radius 2 is 1.76 bits per heavy atom. The fourth-order valence-electron chi connectivity index (χ4n) is 4.70. The molecule has 2 heterocycles. The molecule has 216 valence electrons. The Kier molecular flexibility index (Phi) is 9.30. The summed E-state index contributed by atoms with van der Waals surface area (Å²) in [5.41, 5.74) is 2.99. The van der Waals surface area contributed by atoms with Gasteiger partial charge in [-0.1, -0.05) is 87.4 Å². The molecule has 7 nitrogen and oxygen atoms in total. The minimum atomic E-state index is -0.660. The monoisotopic (exact) mass is 666 g/mol. The van der Waals surface area contributed by atoms with Crippen LogP contribution in [0.5, 0.6) is 11.5 Å². The number of rotatable bonds is 9. The molecule has 1 atom stereocenters. The third-order valence-electron chi connectivity index (χ3n) is 6.62. The molecule has 1 aliphatic rings. The van der Waals surface area contributed by atoms with Crippen LogP contribution in [0, 0.1) is 0 Å². The van der Waals surface area contributed by atoms with E-state index in [9.17, 15) is 9.59 Å². The van der Waals surface area contributed by atoms with E-state index in [2.05, 4.69) is 20.9 Å². The molecule has 0 unspecified atom stereocenters. The van der Waals surface area contributed by atoms with Crippen molar-refractivity contribution in [1.82, 2.24) is 4.57 Å². The predicted octanol–water partition coefficient (Wildman–Crippen LogP) is 6.19. The number of thiazole rings is 1. The van der Waals surface area contributed by atoms with E-state index in [1.54, 1.807) is 24.5 Å². The summed E-state index contributed by atoms with van der Waals surface area (Å²) in [6, 6.07) is 19.9. The zero-order chi connectivity index (χ0) is 29.8. The van der Waals surface area contributed by atoms with Crippen LogP contribution in [-0.4, -0.2) is 23.8 Å². The maximum Gasteiger partial charge on any atom is 0.338 e. The first-order chi connectivity index (χ1) is 20.3. The minimum absolute atomic E-state index is 0.218. The third kappa shape index (κ3) is 6.09. The van der Waals surface area contributed by atoms with Crippen LogP contribution in [0.1, 0.15) is 43.5 Å². The second-order valence-electron chi connectivity index (χ2n) is 9.35. The molecule has 0 radical (unpaired) electrons. The maximum atomic E-state index is 13.9. The van der Waals surface area contributed by atoms with Gasteiger partial charge in [0.2, 0.25) is 0 Å². The molecule has 1 aliphatic heterocycles. The van der Waals surface area contributed by atoms with Gasteiger partial charge in [0.25, 0.3) is 5.56 Å². The van der Waals surface area contributed by atoms with Gasteiger partial charge >= 0.3 is 5.97 Å². The summed E-state index contributed by atoms with van der Waals surface area (Å²) in [4.78, 5) is 32.1. The molecule has 0 spiro atoms. The van der Waals surface area contributed by atoms with Crippen molar-refractivity contribution in [2.75, 3.05) is 13.2 Å². The van der Waals surface area contributed by atoms with E-state index >= 15 is 0 Å². The van der Waals surface area contributed by atoms with E-state index in [0.717, 1.165) is 16.7 Å². The molecule has 3 aromatic carbocycles. The van der Waals surface area contributed by atoms with Crippen LogP contribution in [-0.2, 0) is 16.1 Å². The molecule has 42 heavy (non-hydrogen) atoms. The van der Waals surface area contributed by atoms with Gasteiger partial charge < -0.3 is 14.2 Å². The van der Waals surface area contributed by atoms with Gasteiger partial charge in [0.05, 0.1) is 35.1 Å². The lowest BCUT2D eigenvalue weighted by molar-refractivity contribution is -0.139. The number of aromatic nitrogens is 1. The molecule has 0 bridgehead atoms. The normalized spacial score (nSPS) is 14.8. The maximum absolute atomic E-state index is 13.9. The number of allylic oxidation sites excluding steroid dienone is 1. The highest BCUT2D eigenvalue weighted by molar-refractivity contribution is 9.10. The Balaban J connectivity index is 1.58. The lowest BCUT2D eigenvalue weighted by Crippen LogP contribution is -2.39. The molecule has 0 fully saturated rings. The number of benzene rings is 3. The zero-order valence-corrected chi connectivity index (χ0v) is 26.4.